The van der Waals surface area contributed by atoms with Crippen molar-refractivity contribution in [3.63, 3.8) is 0 Å². The van der Waals surface area contributed by atoms with Crippen LogP contribution >= 0.6 is 23.1 Å². The third-order valence-corrected chi connectivity index (χ3v) is 8.12. The Labute approximate surface area is 136 Å². The molecule has 1 aromatic heterocycles. The number of thiophene rings is 1. The molecule has 0 aromatic carbocycles. The van der Waals surface area contributed by atoms with E-state index in [4.69, 9.17) is 0 Å². The second kappa shape index (κ2) is 6.58. The van der Waals surface area contributed by atoms with Gasteiger partial charge in [0, 0.05) is 35.0 Å². The maximum atomic E-state index is 13.0. The topological polar surface area (TPSA) is 49.4 Å². The lowest BCUT2D eigenvalue weighted by Gasteiger charge is -2.36. The van der Waals surface area contributed by atoms with E-state index in [0.717, 1.165) is 22.7 Å². The predicted octanol–water partition coefficient (Wildman–Crippen LogP) is 2.68. The van der Waals surface area contributed by atoms with Crippen molar-refractivity contribution in [1.82, 2.24) is 9.62 Å². The van der Waals surface area contributed by atoms with Crippen LogP contribution in [0.3, 0.4) is 0 Å². The van der Waals surface area contributed by atoms with E-state index in [2.05, 4.69) is 19.2 Å². The minimum absolute atomic E-state index is 0.0168. The fourth-order valence-corrected chi connectivity index (χ4v) is 7.14. The van der Waals surface area contributed by atoms with Crippen molar-refractivity contribution in [2.45, 2.75) is 43.9 Å². The quantitative estimate of drug-likeness (QED) is 0.889. The smallest absolute Gasteiger partial charge is 0.244 e. The number of nitrogens with one attached hydrogen (secondary N) is 1. The van der Waals surface area contributed by atoms with Crippen molar-refractivity contribution >= 4 is 33.1 Å². The van der Waals surface area contributed by atoms with E-state index in [1.54, 1.807) is 4.31 Å². The van der Waals surface area contributed by atoms with Gasteiger partial charge in [-0.05, 0) is 38.3 Å². The highest BCUT2D eigenvalue weighted by atomic mass is 32.2. The van der Waals surface area contributed by atoms with Gasteiger partial charge in [0.25, 0.3) is 0 Å². The van der Waals surface area contributed by atoms with Crippen molar-refractivity contribution in [3.8, 4) is 0 Å². The van der Waals surface area contributed by atoms with Crippen LogP contribution in [-0.4, -0.2) is 42.9 Å². The number of aryl methyl sites for hydroxylation is 1. The highest BCUT2D eigenvalue weighted by molar-refractivity contribution is 8.00. The Hall–Kier alpha value is -0.0800. The van der Waals surface area contributed by atoms with Crippen molar-refractivity contribution in [1.29, 1.82) is 0 Å². The standard InChI is InChI=1S/C14H24N2O2S3/c1-5-15-8-12-13(11(2)9-19-12)21(17,18)16-6-7-20-14(3,4)10-16/h9,15H,5-8,10H2,1-4H3. The molecule has 2 rings (SSSR count). The van der Waals surface area contributed by atoms with Gasteiger partial charge in [0.15, 0.2) is 0 Å². The summed E-state index contributed by atoms with van der Waals surface area (Å²) < 4.78 is 27.7. The molecule has 0 unspecified atom stereocenters. The van der Waals surface area contributed by atoms with Crippen molar-refractivity contribution in [3.05, 3.63) is 15.8 Å². The summed E-state index contributed by atoms with van der Waals surface area (Å²) in [7, 11) is -3.39. The third kappa shape index (κ3) is 3.82. The molecular formula is C14H24N2O2S3. The van der Waals surface area contributed by atoms with Crippen LogP contribution in [0.1, 0.15) is 31.2 Å². The van der Waals surface area contributed by atoms with Gasteiger partial charge < -0.3 is 5.32 Å². The van der Waals surface area contributed by atoms with Crippen LogP contribution < -0.4 is 5.32 Å². The van der Waals surface area contributed by atoms with Crippen LogP contribution in [0, 0.1) is 6.92 Å². The molecule has 1 fully saturated rings. The van der Waals surface area contributed by atoms with Crippen LogP contribution in [0.15, 0.2) is 10.3 Å². The third-order valence-electron chi connectivity index (χ3n) is 3.51. The summed E-state index contributed by atoms with van der Waals surface area (Å²) >= 11 is 3.38. The largest absolute Gasteiger partial charge is 0.312 e. The van der Waals surface area contributed by atoms with Crippen LogP contribution in [0.2, 0.25) is 0 Å². The molecule has 0 bridgehead atoms. The monoisotopic (exact) mass is 348 g/mol. The van der Waals surface area contributed by atoms with E-state index in [0.29, 0.717) is 24.5 Å². The fraction of sp³-hybridized carbons (Fsp3) is 0.714. The van der Waals surface area contributed by atoms with E-state index < -0.39 is 10.0 Å². The minimum atomic E-state index is -3.39. The van der Waals surface area contributed by atoms with Gasteiger partial charge in [-0.25, -0.2) is 8.42 Å². The SMILES string of the molecule is CCNCc1scc(C)c1S(=O)(=O)N1CCSC(C)(C)C1. The molecule has 0 saturated carbocycles. The summed E-state index contributed by atoms with van der Waals surface area (Å²) in [4.78, 5) is 1.45. The molecule has 0 aliphatic carbocycles. The second-order valence-electron chi connectivity index (χ2n) is 5.90. The van der Waals surface area contributed by atoms with Gasteiger partial charge in [0.1, 0.15) is 4.90 Å². The molecule has 1 aliphatic rings. The highest BCUT2D eigenvalue weighted by Crippen LogP contribution is 2.35. The van der Waals surface area contributed by atoms with Gasteiger partial charge in [-0.15, -0.1) is 11.3 Å². The lowest BCUT2D eigenvalue weighted by Crippen LogP contribution is -2.46. The Kier molecular flexibility index (Phi) is 5.41. The summed E-state index contributed by atoms with van der Waals surface area (Å²) in [5.74, 6) is 0.859. The first kappa shape index (κ1) is 17.3. The normalized spacial score (nSPS) is 19.8. The molecule has 21 heavy (non-hydrogen) atoms. The Morgan fingerprint density at radius 1 is 1.43 bits per heavy atom. The Morgan fingerprint density at radius 3 is 2.76 bits per heavy atom. The number of rotatable bonds is 5. The fourth-order valence-electron chi connectivity index (χ4n) is 2.50. The highest BCUT2D eigenvalue weighted by Gasteiger charge is 2.36. The van der Waals surface area contributed by atoms with E-state index in [1.807, 2.05) is 31.0 Å². The number of sulfonamides is 1. The number of hydrogen-bond donors (Lipinski definition) is 1. The maximum absolute atomic E-state index is 13.0. The first-order valence-electron chi connectivity index (χ1n) is 7.20. The molecular weight excluding hydrogens is 324 g/mol. The number of nitrogens with zero attached hydrogens (tertiary/aromatic N) is 1. The van der Waals surface area contributed by atoms with E-state index in [-0.39, 0.29) is 4.75 Å². The summed E-state index contributed by atoms with van der Waals surface area (Å²) in [5.41, 5.74) is 0.865. The first-order chi connectivity index (χ1) is 9.78. The average Bonchev–Trinajstić information content (AvgIpc) is 2.77. The van der Waals surface area contributed by atoms with Crippen molar-refractivity contribution < 1.29 is 8.42 Å². The molecule has 0 amide bonds. The number of thioether (sulfide) groups is 1. The average molecular weight is 349 g/mol. The Bertz CT molecular complexity index is 593. The molecule has 1 saturated heterocycles. The lowest BCUT2D eigenvalue weighted by molar-refractivity contribution is 0.387. The molecule has 1 N–H and O–H groups in total. The molecule has 1 aliphatic heterocycles. The van der Waals surface area contributed by atoms with Gasteiger partial charge in [-0.1, -0.05) is 6.92 Å². The molecule has 0 spiro atoms. The molecule has 2 heterocycles. The Balaban J connectivity index is 2.33. The number of hydrogen-bond acceptors (Lipinski definition) is 5. The van der Waals surface area contributed by atoms with Gasteiger partial charge in [-0.2, -0.15) is 16.1 Å². The van der Waals surface area contributed by atoms with E-state index >= 15 is 0 Å². The lowest BCUT2D eigenvalue weighted by atomic mass is 10.2. The second-order valence-corrected chi connectivity index (χ2v) is 10.5. The van der Waals surface area contributed by atoms with Crippen LogP contribution in [-0.2, 0) is 16.6 Å². The van der Waals surface area contributed by atoms with Gasteiger partial charge in [0.2, 0.25) is 10.0 Å². The summed E-state index contributed by atoms with van der Waals surface area (Å²) in [6.07, 6.45) is 0. The minimum Gasteiger partial charge on any atom is -0.312 e. The van der Waals surface area contributed by atoms with Gasteiger partial charge >= 0.3 is 0 Å². The predicted molar refractivity (Wildman–Crippen MR) is 91.7 cm³/mol. The molecule has 4 nitrogen and oxygen atoms in total. The summed E-state index contributed by atoms with van der Waals surface area (Å²) in [6.45, 7) is 10.8. The zero-order valence-corrected chi connectivity index (χ0v) is 15.6. The first-order valence-corrected chi connectivity index (χ1v) is 10.5. The molecule has 0 atom stereocenters. The maximum Gasteiger partial charge on any atom is 0.244 e. The van der Waals surface area contributed by atoms with Crippen LogP contribution in [0.4, 0.5) is 0 Å². The van der Waals surface area contributed by atoms with E-state index in [1.165, 1.54) is 11.3 Å². The molecule has 0 radical (unpaired) electrons. The Morgan fingerprint density at radius 2 is 2.14 bits per heavy atom. The zero-order chi connectivity index (χ0) is 15.7. The molecule has 1 aromatic rings. The molecule has 120 valence electrons. The summed E-state index contributed by atoms with van der Waals surface area (Å²) in [5, 5.41) is 5.18. The van der Waals surface area contributed by atoms with Crippen LogP contribution in [0.5, 0.6) is 0 Å². The van der Waals surface area contributed by atoms with Gasteiger partial charge in [0.05, 0.1) is 0 Å². The van der Waals surface area contributed by atoms with Gasteiger partial charge in [-0.3, -0.25) is 0 Å². The molecule has 7 heteroatoms. The zero-order valence-electron chi connectivity index (χ0n) is 13.1. The van der Waals surface area contributed by atoms with E-state index in [9.17, 15) is 8.42 Å². The summed E-state index contributed by atoms with van der Waals surface area (Å²) in [6, 6.07) is 0. The van der Waals surface area contributed by atoms with Crippen molar-refractivity contribution in [2.75, 3.05) is 25.4 Å². The van der Waals surface area contributed by atoms with Crippen molar-refractivity contribution in [2.24, 2.45) is 0 Å². The van der Waals surface area contributed by atoms with Crippen LogP contribution in [0.25, 0.3) is 0 Å².